The molecular formula is C11H16N3O. The van der Waals surface area contributed by atoms with Gasteiger partial charge in [-0.05, 0) is 5.56 Å². The lowest BCUT2D eigenvalue weighted by atomic mass is 10.2. The van der Waals surface area contributed by atoms with E-state index >= 15 is 0 Å². The number of hydrazine groups is 1. The molecule has 1 aromatic rings. The summed E-state index contributed by atoms with van der Waals surface area (Å²) < 4.78 is 0. The van der Waals surface area contributed by atoms with E-state index in [0.717, 1.165) is 5.56 Å². The minimum atomic E-state index is -0.0625. The van der Waals surface area contributed by atoms with E-state index in [-0.39, 0.29) is 12.5 Å². The van der Waals surface area contributed by atoms with Crippen LogP contribution in [0.1, 0.15) is 5.56 Å². The summed E-state index contributed by atoms with van der Waals surface area (Å²) >= 11 is 0. The molecule has 2 N–H and O–H groups in total. The van der Waals surface area contributed by atoms with Gasteiger partial charge < -0.3 is 5.32 Å². The summed E-state index contributed by atoms with van der Waals surface area (Å²) in [7, 11) is 3.68. The Labute approximate surface area is 90.2 Å². The monoisotopic (exact) mass is 206 g/mol. The second kappa shape index (κ2) is 6.16. The first kappa shape index (κ1) is 11.7. The fourth-order valence-electron chi connectivity index (χ4n) is 0.994. The maximum atomic E-state index is 11.3. The van der Waals surface area contributed by atoms with Gasteiger partial charge in [0, 0.05) is 14.1 Å². The molecule has 4 heteroatoms. The standard InChI is InChI=1S/C11H16N3O/c1-14(2)13-9-11(15)12-8-10-6-4-3-5-7-10/h3-8,13H,9H2,1-2H3,(H,12,15). The van der Waals surface area contributed by atoms with Crippen molar-refractivity contribution < 1.29 is 4.79 Å². The maximum absolute atomic E-state index is 11.3. The summed E-state index contributed by atoms with van der Waals surface area (Å²) in [6.45, 7) is 1.97. The van der Waals surface area contributed by atoms with E-state index in [1.165, 1.54) is 0 Å². The van der Waals surface area contributed by atoms with Gasteiger partial charge in [-0.2, -0.15) is 0 Å². The molecule has 1 radical (unpaired) electrons. The van der Waals surface area contributed by atoms with Crippen LogP contribution in [0.5, 0.6) is 0 Å². The second-order valence-electron chi connectivity index (χ2n) is 3.35. The van der Waals surface area contributed by atoms with Gasteiger partial charge in [0.1, 0.15) is 0 Å². The third kappa shape index (κ3) is 5.15. The minimum Gasteiger partial charge on any atom is -0.346 e. The van der Waals surface area contributed by atoms with Crippen LogP contribution in [0.25, 0.3) is 0 Å². The Morgan fingerprint density at radius 2 is 2.00 bits per heavy atom. The number of hydrogen-bond donors (Lipinski definition) is 2. The van der Waals surface area contributed by atoms with Gasteiger partial charge in [-0.1, -0.05) is 30.3 Å². The number of hydrogen-bond acceptors (Lipinski definition) is 3. The molecule has 0 saturated heterocycles. The van der Waals surface area contributed by atoms with Crippen LogP contribution in [0, 0.1) is 6.54 Å². The highest BCUT2D eigenvalue weighted by molar-refractivity contribution is 5.79. The van der Waals surface area contributed by atoms with Crippen molar-refractivity contribution >= 4 is 5.91 Å². The van der Waals surface area contributed by atoms with Gasteiger partial charge in [0.2, 0.25) is 5.91 Å². The summed E-state index contributed by atoms with van der Waals surface area (Å²) in [6, 6.07) is 9.65. The Bertz CT molecular complexity index is 298. The molecule has 1 amide bonds. The van der Waals surface area contributed by atoms with Crippen LogP contribution in [0.3, 0.4) is 0 Å². The maximum Gasteiger partial charge on any atom is 0.235 e. The van der Waals surface area contributed by atoms with Gasteiger partial charge in [-0.25, -0.2) is 5.43 Å². The number of carbonyl (C=O) groups excluding carboxylic acids is 1. The van der Waals surface area contributed by atoms with Crippen LogP contribution < -0.4 is 10.7 Å². The molecule has 81 valence electrons. The summed E-state index contributed by atoms with van der Waals surface area (Å²) in [5.41, 5.74) is 3.86. The predicted molar refractivity (Wildman–Crippen MR) is 59.7 cm³/mol. The van der Waals surface area contributed by atoms with E-state index in [1.54, 1.807) is 11.6 Å². The number of amides is 1. The lowest BCUT2D eigenvalue weighted by molar-refractivity contribution is -0.120. The summed E-state index contributed by atoms with van der Waals surface area (Å²) in [4.78, 5) is 11.3. The second-order valence-corrected chi connectivity index (χ2v) is 3.35. The molecule has 1 aromatic carbocycles. The fraction of sp³-hybridized carbons (Fsp3) is 0.273. The van der Waals surface area contributed by atoms with Gasteiger partial charge in [-0.15, -0.1) is 0 Å². The third-order valence-corrected chi connectivity index (χ3v) is 1.76. The molecule has 0 unspecified atom stereocenters. The molecule has 0 saturated carbocycles. The van der Waals surface area contributed by atoms with Crippen LogP contribution in [0.2, 0.25) is 0 Å². The Morgan fingerprint density at radius 1 is 1.33 bits per heavy atom. The molecule has 0 heterocycles. The Kier molecular flexibility index (Phi) is 4.80. The number of carbonyl (C=O) groups is 1. The van der Waals surface area contributed by atoms with E-state index in [0.29, 0.717) is 0 Å². The predicted octanol–water partition coefficient (Wildman–Crippen LogP) is 0.379. The first-order valence-corrected chi connectivity index (χ1v) is 4.77. The van der Waals surface area contributed by atoms with Crippen LogP contribution in [0.4, 0.5) is 0 Å². The normalized spacial score (nSPS) is 10.3. The molecule has 0 aliphatic carbocycles. The number of nitrogens with zero attached hydrogens (tertiary/aromatic N) is 1. The Hall–Kier alpha value is -1.39. The van der Waals surface area contributed by atoms with Crippen molar-refractivity contribution in [1.82, 2.24) is 15.8 Å². The van der Waals surface area contributed by atoms with Gasteiger partial charge >= 0.3 is 0 Å². The smallest absolute Gasteiger partial charge is 0.235 e. The van der Waals surface area contributed by atoms with Crippen LogP contribution in [-0.2, 0) is 4.79 Å². The van der Waals surface area contributed by atoms with Crippen molar-refractivity contribution in [3.63, 3.8) is 0 Å². The summed E-state index contributed by atoms with van der Waals surface area (Å²) in [5.74, 6) is -0.0625. The topological polar surface area (TPSA) is 44.4 Å². The molecular weight excluding hydrogens is 190 g/mol. The summed E-state index contributed by atoms with van der Waals surface area (Å²) in [6.07, 6.45) is 0. The van der Waals surface area contributed by atoms with Crippen molar-refractivity contribution in [2.24, 2.45) is 0 Å². The zero-order valence-corrected chi connectivity index (χ0v) is 9.03. The number of rotatable bonds is 5. The van der Waals surface area contributed by atoms with E-state index in [9.17, 15) is 4.79 Å². The largest absolute Gasteiger partial charge is 0.346 e. The lowest BCUT2D eigenvalue weighted by Gasteiger charge is -2.11. The van der Waals surface area contributed by atoms with E-state index in [2.05, 4.69) is 10.7 Å². The fourth-order valence-corrected chi connectivity index (χ4v) is 0.994. The number of benzene rings is 1. The molecule has 0 aromatic heterocycles. The van der Waals surface area contributed by atoms with E-state index in [4.69, 9.17) is 0 Å². The lowest BCUT2D eigenvalue weighted by Crippen LogP contribution is -2.39. The van der Waals surface area contributed by atoms with Crippen molar-refractivity contribution in [2.45, 2.75) is 0 Å². The quantitative estimate of drug-likeness (QED) is 0.684. The highest BCUT2D eigenvalue weighted by atomic mass is 16.2. The van der Waals surface area contributed by atoms with Crippen LogP contribution in [0.15, 0.2) is 30.3 Å². The van der Waals surface area contributed by atoms with E-state index in [1.807, 2.05) is 44.4 Å². The SMILES string of the molecule is CN(C)NCC(=O)N[CH]c1ccccc1. The first-order valence-electron chi connectivity index (χ1n) is 4.77. The molecule has 0 fully saturated rings. The van der Waals surface area contributed by atoms with Gasteiger partial charge in [0.15, 0.2) is 0 Å². The molecule has 0 bridgehead atoms. The third-order valence-electron chi connectivity index (χ3n) is 1.76. The molecule has 1 rings (SSSR count). The summed E-state index contributed by atoms with van der Waals surface area (Å²) in [5, 5.41) is 4.44. The highest BCUT2D eigenvalue weighted by Crippen LogP contribution is 1.98. The minimum absolute atomic E-state index is 0.0625. The van der Waals surface area contributed by atoms with Crippen molar-refractivity contribution in [3.05, 3.63) is 42.4 Å². The zero-order chi connectivity index (χ0) is 11.1. The van der Waals surface area contributed by atoms with Gasteiger partial charge in [0.05, 0.1) is 13.1 Å². The first-order chi connectivity index (χ1) is 7.18. The van der Waals surface area contributed by atoms with Crippen molar-refractivity contribution in [2.75, 3.05) is 20.6 Å². The average Bonchev–Trinajstić information content (AvgIpc) is 2.25. The van der Waals surface area contributed by atoms with Crippen molar-refractivity contribution in [1.29, 1.82) is 0 Å². The van der Waals surface area contributed by atoms with E-state index < -0.39 is 0 Å². The van der Waals surface area contributed by atoms with Gasteiger partial charge in [0.25, 0.3) is 0 Å². The highest BCUT2D eigenvalue weighted by Gasteiger charge is 2.00. The Morgan fingerprint density at radius 3 is 2.60 bits per heavy atom. The van der Waals surface area contributed by atoms with Crippen LogP contribution >= 0.6 is 0 Å². The van der Waals surface area contributed by atoms with Crippen molar-refractivity contribution in [3.8, 4) is 0 Å². The number of nitrogens with one attached hydrogen (secondary N) is 2. The molecule has 0 aliphatic heterocycles. The van der Waals surface area contributed by atoms with Gasteiger partial charge in [-0.3, -0.25) is 9.80 Å². The molecule has 0 atom stereocenters. The molecule has 0 aliphatic rings. The molecule has 15 heavy (non-hydrogen) atoms. The average molecular weight is 206 g/mol. The zero-order valence-electron chi connectivity index (χ0n) is 9.03. The molecule has 4 nitrogen and oxygen atoms in total. The van der Waals surface area contributed by atoms with Crippen LogP contribution in [-0.4, -0.2) is 31.6 Å². The molecule has 0 spiro atoms. The Balaban J connectivity index is 2.23.